The van der Waals surface area contributed by atoms with E-state index >= 15 is 0 Å². The highest BCUT2D eigenvalue weighted by atomic mass is 35.5. The molecule has 12 heavy (non-hydrogen) atoms. The number of aromatic amines is 1. The van der Waals surface area contributed by atoms with Gasteiger partial charge in [0.25, 0.3) is 0 Å². The molecule has 66 valence electrons. The maximum Gasteiger partial charge on any atom is 0.419 e. The summed E-state index contributed by atoms with van der Waals surface area (Å²) < 4.78 is 35.8. The van der Waals surface area contributed by atoms with Crippen LogP contribution in [0.25, 0.3) is 0 Å². The van der Waals surface area contributed by atoms with E-state index in [-0.39, 0.29) is 5.15 Å². The van der Waals surface area contributed by atoms with Gasteiger partial charge in [-0.2, -0.15) is 13.2 Å². The third-order valence-electron chi connectivity index (χ3n) is 1.18. The highest BCUT2D eigenvalue weighted by molar-refractivity contribution is 7.71. The topological polar surface area (TPSA) is 15.8 Å². The van der Waals surface area contributed by atoms with Gasteiger partial charge in [0.15, 0.2) is 0 Å². The minimum Gasteiger partial charge on any atom is -0.337 e. The van der Waals surface area contributed by atoms with Gasteiger partial charge in [-0.05, 0) is 12.1 Å². The van der Waals surface area contributed by atoms with Crippen LogP contribution in [-0.4, -0.2) is 4.98 Å². The van der Waals surface area contributed by atoms with Crippen LogP contribution in [0.3, 0.4) is 0 Å². The molecule has 1 nitrogen and oxygen atoms in total. The SMILES string of the molecule is FC(F)(F)c1ccc(Cl)[nH]c1=S. The van der Waals surface area contributed by atoms with Gasteiger partial charge in [-0.1, -0.05) is 23.8 Å². The Morgan fingerprint density at radius 2 is 1.92 bits per heavy atom. The molecule has 1 N–H and O–H groups in total. The minimum atomic E-state index is -4.42. The molecular weight excluding hydrogens is 211 g/mol. The molecule has 0 saturated carbocycles. The number of alkyl halides is 3. The average molecular weight is 214 g/mol. The van der Waals surface area contributed by atoms with Crippen molar-refractivity contribution in [3.63, 3.8) is 0 Å². The van der Waals surface area contributed by atoms with Crippen LogP contribution in [-0.2, 0) is 6.18 Å². The van der Waals surface area contributed by atoms with E-state index in [9.17, 15) is 13.2 Å². The van der Waals surface area contributed by atoms with Crippen LogP contribution in [0.4, 0.5) is 13.2 Å². The highest BCUT2D eigenvalue weighted by Crippen LogP contribution is 2.29. The number of rotatable bonds is 0. The molecule has 0 aliphatic carbocycles. The van der Waals surface area contributed by atoms with E-state index in [0.717, 1.165) is 12.1 Å². The van der Waals surface area contributed by atoms with Crippen molar-refractivity contribution in [1.82, 2.24) is 4.98 Å². The van der Waals surface area contributed by atoms with Gasteiger partial charge in [0.2, 0.25) is 0 Å². The van der Waals surface area contributed by atoms with Crippen molar-refractivity contribution in [2.75, 3.05) is 0 Å². The normalized spacial score (nSPS) is 11.7. The van der Waals surface area contributed by atoms with Crippen molar-refractivity contribution in [2.45, 2.75) is 6.18 Å². The van der Waals surface area contributed by atoms with Crippen LogP contribution in [0.15, 0.2) is 12.1 Å². The number of nitrogens with one attached hydrogen (secondary N) is 1. The van der Waals surface area contributed by atoms with E-state index < -0.39 is 16.4 Å². The van der Waals surface area contributed by atoms with Crippen LogP contribution in [0.2, 0.25) is 5.15 Å². The molecule has 1 heterocycles. The number of hydrogen-bond acceptors (Lipinski definition) is 1. The van der Waals surface area contributed by atoms with E-state index in [1.807, 2.05) is 0 Å². The van der Waals surface area contributed by atoms with Crippen LogP contribution in [0.5, 0.6) is 0 Å². The third kappa shape index (κ3) is 1.98. The van der Waals surface area contributed by atoms with Crippen molar-refractivity contribution in [2.24, 2.45) is 0 Å². The lowest BCUT2D eigenvalue weighted by atomic mass is 10.3. The lowest BCUT2D eigenvalue weighted by Crippen LogP contribution is -2.06. The number of hydrogen-bond donors (Lipinski definition) is 1. The Balaban J connectivity index is 3.29. The maximum atomic E-state index is 12.1. The fourth-order valence-corrected chi connectivity index (χ4v) is 1.18. The van der Waals surface area contributed by atoms with Gasteiger partial charge in [0.1, 0.15) is 9.79 Å². The van der Waals surface area contributed by atoms with Gasteiger partial charge in [-0.15, -0.1) is 0 Å². The molecule has 0 aliphatic heterocycles. The summed E-state index contributed by atoms with van der Waals surface area (Å²) in [4.78, 5) is 2.21. The quantitative estimate of drug-likeness (QED) is 0.516. The van der Waals surface area contributed by atoms with Crippen LogP contribution in [0, 0.1) is 4.64 Å². The second-order valence-corrected chi connectivity index (χ2v) is 2.86. The Labute approximate surface area is 76.2 Å². The zero-order valence-electron chi connectivity index (χ0n) is 5.57. The molecule has 0 atom stereocenters. The Kier molecular flexibility index (Phi) is 2.44. The Bertz CT molecular complexity index is 343. The Morgan fingerprint density at radius 1 is 1.33 bits per heavy atom. The van der Waals surface area contributed by atoms with Crippen molar-refractivity contribution < 1.29 is 13.2 Å². The molecule has 6 heteroatoms. The molecule has 0 aliphatic rings. The van der Waals surface area contributed by atoms with Crippen molar-refractivity contribution in [3.05, 3.63) is 27.5 Å². The van der Waals surface area contributed by atoms with E-state index in [4.69, 9.17) is 11.6 Å². The summed E-state index contributed by atoms with van der Waals surface area (Å²) in [5.41, 5.74) is -0.873. The predicted octanol–water partition coefficient (Wildman–Crippen LogP) is 3.42. The standard InChI is InChI=1S/C6H3ClF3NS/c7-4-2-1-3(5(12)11-4)6(8,9)10/h1-2H,(H,11,12). The summed E-state index contributed by atoms with van der Waals surface area (Å²) in [7, 11) is 0. The predicted molar refractivity (Wildman–Crippen MR) is 41.6 cm³/mol. The monoisotopic (exact) mass is 213 g/mol. The fourth-order valence-electron chi connectivity index (χ4n) is 0.673. The van der Waals surface area contributed by atoms with Crippen molar-refractivity contribution in [1.29, 1.82) is 0 Å². The Hall–Kier alpha value is -0.550. The van der Waals surface area contributed by atoms with Gasteiger partial charge in [-0.25, -0.2) is 0 Å². The molecule has 0 radical (unpaired) electrons. The molecule has 0 unspecified atom stereocenters. The minimum absolute atomic E-state index is 0.0907. The lowest BCUT2D eigenvalue weighted by molar-refractivity contribution is -0.138. The van der Waals surface area contributed by atoms with E-state index in [0.29, 0.717) is 0 Å². The molecular formula is C6H3ClF3NS. The average Bonchev–Trinajstić information content (AvgIpc) is 1.83. The van der Waals surface area contributed by atoms with E-state index in [1.54, 1.807) is 0 Å². The van der Waals surface area contributed by atoms with Crippen molar-refractivity contribution >= 4 is 23.8 Å². The van der Waals surface area contributed by atoms with Gasteiger partial charge >= 0.3 is 6.18 Å². The molecule has 0 aromatic carbocycles. The first-order valence-corrected chi connectivity index (χ1v) is 3.66. The first-order valence-electron chi connectivity index (χ1n) is 2.87. The molecule has 0 fully saturated rings. The number of aromatic nitrogens is 1. The van der Waals surface area contributed by atoms with Crippen LogP contribution >= 0.6 is 23.8 Å². The zero-order chi connectivity index (χ0) is 9.35. The summed E-state index contributed by atoms with van der Waals surface area (Å²) in [6.45, 7) is 0. The third-order valence-corrected chi connectivity index (χ3v) is 1.72. The molecule has 1 aromatic rings. The van der Waals surface area contributed by atoms with Crippen LogP contribution < -0.4 is 0 Å². The fraction of sp³-hybridized carbons (Fsp3) is 0.167. The van der Waals surface area contributed by atoms with Crippen LogP contribution in [0.1, 0.15) is 5.56 Å². The molecule has 1 aromatic heterocycles. The summed E-state index contributed by atoms with van der Waals surface area (Å²) in [5.74, 6) is 0. The first kappa shape index (κ1) is 9.54. The Morgan fingerprint density at radius 3 is 2.33 bits per heavy atom. The smallest absolute Gasteiger partial charge is 0.337 e. The summed E-state index contributed by atoms with van der Waals surface area (Å²) in [6, 6.07) is 1.96. The summed E-state index contributed by atoms with van der Waals surface area (Å²) in [5, 5.41) is 0.0907. The van der Waals surface area contributed by atoms with Gasteiger partial charge in [0, 0.05) is 0 Å². The number of H-pyrrole nitrogens is 1. The lowest BCUT2D eigenvalue weighted by Gasteiger charge is -2.05. The molecule has 0 saturated heterocycles. The second-order valence-electron chi connectivity index (χ2n) is 2.05. The zero-order valence-corrected chi connectivity index (χ0v) is 7.15. The first-order chi connectivity index (χ1) is 5.41. The van der Waals surface area contributed by atoms with Crippen molar-refractivity contribution in [3.8, 4) is 0 Å². The van der Waals surface area contributed by atoms with Gasteiger partial charge in [-0.3, -0.25) is 0 Å². The molecule has 0 amide bonds. The number of pyridine rings is 1. The summed E-state index contributed by atoms with van der Waals surface area (Å²) in [6.07, 6.45) is -4.42. The maximum absolute atomic E-state index is 12.1. The van der Waals surface area contributed by atoms with E-state index in [2.05, 4.69) is 17.2 Å². The summed E-state index contributed by atoms with van der Waals surface area (Å²) >= 11 is 9.81. The molecule has 0 spiro atoms. The number of halogens is 4. The molecule has 0 bridgehead atoms. The highest BCUT2D eigenvalue weighted by Gasteiger charge is 2.32. The largest absolute Gasteiger partial charge is 0.419 e. The second kappa shape index (κ2) is 3.06. The van der Waals surface area contributed by atoms with E-state index in [1.165, 1.54) is 0 Å². The van der Waals surface area contributed by atoms with Gasteiger partial charge in [0.05, 0.1) is 5.56 Å². The molecule has 1 rings (SSSR count). The van der Waals surface area contributed by atoms with Gasteiger partial charge < -0.3 is 4.98 Å².